The van der Waals surface area contributed by atoms with Crippen LogP contribution in [0, 0.1) is 0 Å². The SMILES string of the molecule is C=C(C)C(=O)OC(C)OC(=O)C=CC. The van der Waals surface area contributed by atoms with Crippen molar-refractivity contribution in [3.63, 3.8) is 0 Å². The normalized spacial score (nSPS) is 12.2. The largest absolute Gasteiger partial charge is 0.422 e. The van der Waals surface area contributed by atoms with Crippen molar-refractivity contribution in [2.24, 2.45) is 0 Å². The Balaban J connectivity index is 3.98. The summed E-state index contributed by atoms with van der Waals surface area (Å²) in [5.74, 6) is -1.12. The predicted octanol–water partition coefficient (Wildman–Crippen LogP) is 1.57. The predicted molar refractivity (Wildman–Crippen MR) is 51.3 cm³/mol. The van der Waals surface area contributed by atoms with Crippen molar-refractivity contribution in [3.8, 4) is 0 Å². The molecule has 0 N–H and O–H groups in total. The molecule has 0 radical (unpaired) electrons. The lowest BCUT2D eigenvalue weighted by molar-refractivity contribution is -0.177. The highest BCUT2D eigenvalue weighted by atomic mass is 16.7. The molecule has 0 aromatic carbocycles. The van der Waals surface area contributed by atoms with E-state index in [2.05, 4.69) is 6.58 Å². The van der Waals surface area contributed by atoms with Gasteiger partial charge in [0.05, 0.1) is 0 Å². The van der Waals surface area contributed by atoms with Gasteiger partial charge in [0.2, 0.25) is 6.29 Å². The van der Waals surface area contributed by atoms with Crippen molar-refractivity contribution in [3.05, 3.63) is 24.3 Å². The van der Waals surface area contributed by atoms with Gasteiger partial charge in [-0.1, -0.05) is 12.7 Å². The van der Waals surface area contributed by atoms with E-state index in [0.717, 1.165) is 0 Å². The molecule has 4 heteroatoms. The third-order valence-corrected chi connectivity index (χ3v) is 1.21. The van der Waals surface area contributed by atoms with E-state index >= 15 is 0 Å². The lowest BCUT2D eigenvalue weighted by Crippen LogP contribution is -2.20. The molecular formula is C10H14O4. The number of rotatable bonds is 4. The molecule has 0 amide bonds. The number of hydrogen-bond donors (Lipinski definition) is 0. The number of allylic oxidation sites excluding steroid dienone is 1. The van der Waals surface area contributed by atoms with Crippen molar-refractivity contribution in [2.45, 2.75) is 27.1 Å². The molecule has 14 heavy (non-hydrogen) atoms. The molecule has 0 aliphatic heterocycles. The molecule has 0 saturated heterocycles. The van der Waals surface area contributed by atoms with E-state index in [-0.39, 0.29) is 5.57 Å². The van der Waals surface area contributed by atoms with Crippen LogP contribution in [-0.2, 0) is 19.1 Å². The van der Waals surface area contributed by atoms with Crippen LogP contribution in [0.25, 0.3) is 0 Å². The summed E-state index contributed by atoms with van der Waals surface area (Å²) in [6.45, 7) is 8.06. The zero-order chi connectivity index (χ0) is 11.1. The van der Waals surface area contributed by atoms with Crippen LogP contribution >= 0.6 is 0 Å². The molecule has 0 spiro atoms. The summed E-state index contributed by atoms with van der Waals surface area (Å²) >= 11 is 0. The Hall–Kier alpha value is -1.58. The highest BCUT2D eigenvalue weighted by molar-refractivity contribution is 5.87. The fourth-order valence-corrected chi connectivity index (χ4v) is 0.614. The van der Waals surface area contributed by atoms with Gasteiger partial charge in [0.1, 0.15) is 0 Å². The minimum atomic E-state index is -0.900. The van der Waals surface area contributed by atoms with E-state index < -0.39 is 18.2 Å². The minimum absolute atomic E-state index is 0.263. The molecule has 0 aliphatic rings. The van der Waals surface area contributed by atoms with Crippen molar-refractivity contribution in [1.82, 2.24) is 0 Å². The fourth-order valence-electron chi connectivity index (χ4n) is 0.614. The summed E-state index contributed by atoms with van der Waals surface area (Å²) < 4.78 is 9.42. The molecule has 1 atom stereocenters. The van der Waals surface area contributed by atoms with Crippen LogP contribution in [0.3, 0.4) is 0 Å². The average molecular weight is 198 g/mol. The molecule has 78 valence electrons. The third-order valence-electron chi connectivity index (χ3n) is 1.21. The molecule has 0 rings (SSSR count). The van der Waals surface area contributed by atoms with Gasteiger partial charge in [0, 0.05) is 18.6 Å². The van der Waals surface area contributed by atoms with E-state index in [1.54, 1.807) is 6.92 Å². The van der Waals surface area contributed by atoms with Gasteiger partial charge in [-0.25, -0.2) is 9.59 Å². The van der Waals surface area contributed by atoms with Gasteiger partial charge < -0.3 is 9.47 Å². The Bertz CT molecular complexity index is 265. The van der Waals surface area contributed by atoms with Gasteiger partial charge in [-0.15, -0.1) is 0 Å². The highest BCUT2D eigenvalue weighted by Gasteiger charge is 2.12. The Morgan fingerprint density at radius 1 is 1.36 bits per heavy atom. The van der Waals surface area contributed by atoms with Gasteiger partial charge in [-0.3, -0.25) is 0 Å². The van der Waals surface area contributed by atoms with Crippen LogP contribution in [0.4, 0.5) is 0 Å². The summed E-state index contributed by atoms with van der Waals surface area (Å²) in [6, 6.07) is 0. The fraction of sp³-hybridized carbons (Fsp3) is 0.400. The monoisotopic (exact) mass is 198 g/mol. The van der Waals surface area contributed by atoms with Gasteiger partial charge in [0.15, 0.2) is 0 Å². The molecule has 4 nitrogen and oxygen atoms in total. The summed E-state index contributed by atoms with van der Waals surface area (Å²) in [4.78, 5) is 21.8. The van der Waals surface area contributed by atoms with E-state index in [4.69, 9.17) is 9.47 Å². The maximum absolute atomic E-state index is 11.0. The molecule has 0 aromatic rings. The lowest BCUT2D eigenvalue weighted by Gasteiger charge is -2.12. The van der Waals surface area contributed by atoms with Crippen LogP contribution in [0.2, 0.25) is 0 Å². The molecule has 0 aliphatic carbocycles. The number of esters is 2. The molecule has 1 unspecified atom stereocenters. The van der Waals surface area contributed by atoms with E-state index in [1.165, 1.54) is 26.0 Å². The van der Waals surface area contributed by atoms with Gasteiger partial charge in [-0.2, -0.15) is 0 Å². The first kappa shape index (κ1) is 12.4. The maximum Gasteiger partial charge on any atom is 0.336 e. The summed E-state index contributed by atoms with van der Waals surface area (Å²) in [6.07, 6.45) is 1.88. The lowest BCUT2D eigenvalue weighted by atomic mass is 10.4. The van der Waals surface area contributed by atoms with Crippen molar-refractivity contribution in [1.29, 1.82) is 0 Å². The topological polar surface area (TPSA) is 52.6 Å². The minimum Gasteiger partial charge on any atom is -0.422 e. The molecule has 0 bridgehead atoms. The number of hydrogen-bond acceptors (Lipinski definition) is 4. The van der Waals surface area contributed by atoms with Crippen LogP contribution < -0.4 is 0 Å². The molecule has 0 fully saturated rings. The van der Waals surface area contributed by atoms with Gasteiger partial charge in [0.25, 0.3) is 0 Å². The zero-order valence-electron chi connectivity index (χ0n) is 8.57. The molecule has 0 heterocycles. The van der Waals surface area contributed by atoms with Crippen molar-refractivity contribution >= 4 is 11.9 Å². The van der Waals surface area contributed by atoms with Crippen molar-refractivity contribution < 1.29 is 19.1 Å². The van der Waals surface area contributed by atoms with Crippen LogP contribution in [0.1, 0.15) is 20.8 Å². The standard InChI is InChI=1S/C10H14O4/c1-5-6-9(11)13-8(4)14-10(12)7(2)3/h5-6,8H,2H2,1,3-4H3. The molecular weight excluding hydrogens is 184 g/mol. The van der Waals surface area contributed by atoms with Gasteiger partial charge >= 0.3 is 11.9 Å². The number of carbonyl (C=O) groups is 2. The quantitative estimate of drug-likeness (QED) is 0.391. The maximum atomic E-state index is 11.0. The Kier molecular flexibility index (Phi) is 5.29. The summed E-state index contributed by atoms with van der Waals surface area (Å²) in [7, 11) is 0. The first-order valence-corrected chi connectivity index (χ1v) is 4.17. The Morgan fingerprint density at radius 3 is 2.36 bits per heavy atom. The third kappa shape index (κ3) is 5.13. The van der Waals surface area contributed by atoms with Gasteiger partial charge in [-0.05, 0) is 13.8 Å². The molecule has 0 saturated carbocycles. The molecule has 0 aromatic heterocycles. The first-order chi connectivity index (χ1) is 6.47. The van der Waals surface area contributed by atoms with Crippen LogP contribution in [0.5, 0.6) is 0 Å². The second-order valence-electron chi connectivity index (χ2n) is 2.69. The van der Waals surface area contributed by atoms with Crippen LogP contribution in [0.15, 0.2) is 24.3 Å². The second-order valence-corrected chi connectivity index (χ2v) is 2.69. The summed E-state index contributed by atoms with van der Waals surface area (Å²) in [5.41, 5.74) is 0.263. The van der Waals surface area contributed by atoms with E-state index in [9.17, 15) is 9.59 Å². The van der Waals surface area contributed by atoms with Crippen molar-refractivity contribution in [2.75, 3.05) is 0 Å². The highest BCUT2D eigenvalue weighted by Crippen LogP contribution is 2.00. The average Bonchev–Trinajstić information content (AvgIpc) is 2.03. The number of carbonyl (C=O) groups excluding carboxylic acids is 2. The zero-order valence-corrected chi connectivity index (χ0v) is 8.57. The van der Waals surface area contributed by atoms with E-state index in [0.29, 0.717) is 0 Å². The Morgan fingerprint density at radius 2 is 1.93 bits per heavy atom. The number of ether oxygens (including phenoxy) is 2. The van der Waals surface area contributed by atoms with E-state index in [1.807, 2.05) is 0 Å². The van der Waals surface area contributed by atoms with Crippen LogP contribution in [-0.4, -0.2) is 18.2 Å². The first-order valence-electron chi connectivity index (χ1n) is 4.17. The summed E-state index contributed by atoms with van der Waals surface area (Å²) in [5, 5.41) is 0. The second kappa shape index (κ2) is 5.96. The smallest absolute Gasteiger partial charge is 0.336 e. The Labute approximate surface area is 83.2 Å².